The molecule has 1 unspecified atom stereocenters. The van der Waals surface area contributed by atoms with Gasteiger partial charge in [-0.1, -0.05) is 12.8 Å². The number of esters is 1. The van der Waals surface area contributed by atoms with Crippen LogP contribution in [-0.4, -0.2) is 61.6 Å². The third kappa shape index (κ3) is 9.05. The predicted octanol–water partition coefficient (Wildman–Crippen LogP) is 4.13. The highest BCUT2D eigenvalue weighted by Gasteiger charge is 2.20. The van der Waals surface area contributed by atoms with Gasteiger partial charge in [0.15, 0.2) is 5.96 Å². The van der Waals surface area contributed by atoms with E-state index in [1.165, 1.54) is 63.1 Å². The van der Waals surface area contributed by atoms with Gasteiger partial charge in [-0.3, -0.25) is 4.99 Å². The number of likely N-dealkylation sites (tertiary alicyclic amines) is 1. The van der Waals surface area contributed by atoms with E-state index in [9.17, 15) is 4.79 Å². The highest BCUT2D eigenvalue weighted by molar-refractivity contribution is 14.0. The van der Waals surface area contributed by atoms with E-state index in [0.29, 0.717) is 17.2 Å². The molecular weight excluding hydrogens is 513 g/mol. The number of nitrogens with zero attached hydrogens (tertiary/aromatic N) is 3. The molecule has 9 heteroatoms. The highest BCUT2D eigenvalue weighted by atomic mass is 127. The van der Waals surface area contributed by atoms with E-state index in [4.69, 9.17) is 4.74 Å². The molecule has 1 aromatic rings. The number of rotatable bonds is 10. The third-order valence-corrected chi connectivity index (χ3v) is 6.43. The molecule has 1 saturated heterocycles. The summed E-state index contributed by atoms with van der Waals surface area (Å²) in [5.41, 5.74) is 0.716. The van der Waals surface area contributed by atoms with Crippen molar-refractivity contribution in [1.82, 2.24) is 20.5 Å². The molecule has 0 spiro atoms. The maximum absolute atomic E-state index is 12.0. The molecule has 30 heavy (non-hydrogen) atoms. The van der Waals surface area contributed by atoms with E-state index < -0.39 is 0 Å². The van der Waals surface area contributed by atoms with Crippen molar-refractivity contribution in [2.45, 2.75) is 65.3 Å². The zero-order valence-electron chi connectivity index (χ0n) is 18.8. The molecule has 2 N–H and O–H groups in total. The van der Waals surface area contributed by atoms with E-state index >= 15 is 0 Å². The van der Waals surface area contributed by atoms with E-state index in [-0.39, 0.29) is 36.0 Å². The van der Waals surface area contributed by atoms with Gasteiger partial charge in [0.2, 0.25) is 0 Å². The normalized spacial score (nSPS) is 15.9. The van der Waals surface area contributed by atoms with Gasteiger partial charge >= 0.3 is 5.97 Å². The molecule has 1 aliphatic heterocycles. The number of aryl methyl sites for hydroxylation is 1. The first-order valence-electron chi connectivity index (χ1n) is 10.9. The summed E-state index contributed by atoms with van der Waals surface area (Å²) >= 11 is 1.38. The van der Waals surface area contributed by atoms with Crippen LogP contribution in [0.5, 0.6) is 0 Å². The topological polar surface area (TPSA) is 78.8 Å². The Balaban J connectivity index is 0.00000450. The van der Waals surface area contributed by atoms with Gasteiger partial charge in [0.25, 0.3) is 0 Å². The molecule has 172 valence electrons. The second-order valence-corrected chi connectivity index (χ2v) is 8.55. The van der Waals surface area contributed by atoms with Gasteiger partial charge in [0, 0.05) is 13.6 Å². The zero-order chi connectivity index (χ0) is 21.1. The highest BCUT2D eigenvalue weighted by Crippen LogP contribution is 2.24. The number of halogens is 1. The summed E-state index contributed by atoms with van der Waals surface area (Å²) in [7, 11) is 1.77. The lowest BCUT2D eigenvalue weighted by Gasteiger charge is -2.26. The molecular formula is C21H38IN5O2S. The average molecular weight is 552 g/mol. The van der Waals surface area contributed by atoms with Crippen LogP contribution in [0.3, 0.4) is 0 Å². The standard InChI is InChI=1S/C21H37N5O2S.HI/c1-5-28-20(27)18-16(2)24-19(29-18)17(3)25-21(22-4)23-12-8-6-9-13-26-14-10-7-11-15-26;/h17H,5-15H2,1-4H3,(H2,22,23,25);1H. The fraction of sp³-hybridized carbons (Fsp3) is 0.762. The largest absolute Gasteiger partial charge is 0.462 e. The Hall–Kier alpha value is -0.940. The minimum absolute atomic E-state index is 0. The van der Waals surface area contributed by atoms with Gasteiger partial charge in [-0.25, -0.2) is 9.78 Å². The predicted molar refractivity (Wildman–Crippen MR) is 135 cm³/mol. The summed E-state index contributed by atoms with van der Waals surface area (Å²) in [6, 6.07) is -0.0350. The maximum Gasteiger partial charge on any atom is 0.350 e. The Morgan fingerprint density at radius 1 is 1.27 bits per heavy atom. The minimum Gasteiger partial charge on any atom is -0.462 e. The van der Waals surface area contributed by atoms with Gasteiger partial charge in [0.1, 0.15) is 9.88 Å². The maximum atomic E-state index is 12.0. The molecule has 0 aromatic carbocycles. The summed E-state index contributed by atoms with van der Waals surface area (Å²) in [4.78, 5) is 24.0. The van der Waals surface area contributed by atoms with Crippen LogP contribution in [0.1, 0.15) is 78.8 Å². The van der Waals surface area contributed by atoms with Crippen molar-refractivity contribution in [3.63, 3.8) is 0 Å². The van der Waals surface area contributed by atoms with Crippen LogP contribution in [0.25, 0.3) is 0 Å². The molecule has 2 rings (SSSR count). The van der Waals surface area contributed by atoms with Gasteiger partial charge in [0.05, 0.1) is 18.3 Å². The van der Waals surface area contributed by atoms with Gasteiger partial charge < -0.3 is 20.3 Å². The first-order chi connectivity index (χ1) is 14.0. The van der Waals surface area contributed by atoms with Crippen LogP contribution in [0.4, 0.5) is 0 Å². The number of carbonyl (C=O) groups excluding carboxylic acids is 1. The van der Waals surface area contributed by atoms with Crippen molar-refractivity contribution in [2.24, 2.45) is 4.99 Å². The molecule has 2 heterocycles. The number of guanidine groups is 1. The Bertz CT molecular complexity index is 662. The number of piperidine rings is 1. The summed E-state index contributed by atoms with van der Waals surface area (Å²) in [5, 5.41) is 7.60. The van der Waals surface area contributed by atoms with Crippen LogP contribution in [0.2, 0.25) is 0 Å². The fourth-order valence-electron chi connectivity index (χ4n) is 3.48. The van der Waals surface area contributed by atoms with Gasteiger partial charge in [-0.2, -0.15) is 0 Å². The number of carbonyl (C=O) groups is 1. The molecule has 0 aliphatic carbocycles. The van der Waals surface area contributed by atoms with E-state index in [1.807, 2.05) is 20.8 Å². The quantitative estimate of drug-likeness (QED) is 0.150. The first-order valence-corrected chi connectivity index (χ1v) is 11.7. The Kier molecular flexibility index (Phi) is 13.5. The number of hydrogen-bond donors (Lipinski definition) is 2. The number of thiazole rings is 1. The molecule has 1 atom stereocenters. The van der Waals surface area contributed by atoms with E-state index in [2.05, 4.69) is 25.5 Å². The van der Waals surface area contributed by atoms with Crippen LogP contribution in [0, 0.1) is 6.92 Å². The van der Waals surface area contributed by atoms with E-state index in [0.717, 1.165) is 23.9 Å². The van der Waals surface area contributed by atoms with Crippen molar-refractivity contribution in [3.05, 3.63) is 15.6 Å². The lowest BCUT2D eigenvalue weighted by molar-refractivity contribution is 0.0531. The number of aliphatic imine (C=N–C) groups is 1. The smallest absolute Gasteiger partial charge is 0.350 e. The second kappa shape index (κ2) is 15.0. The lowest BCUT2D eigenvalue weighted by Crippen LogP contribution is -2.39. The van der Waals surface area contributed by atoms with Crippen molar-refractivity contribution >= 4 is 47.2 Å². The SMILES string of the molecule is CCOC(=O)c1sc(C(C)NC(=NC)NCCCCCN2CCCCC2)nc1C.I. The van der Waals surface area contributed by atoms with Gasteiger partial charge in [-0.15, -0.1) is 35.3 Å². The van der Waals surface area contributed by atoms with Crippen LogP contribution in [-0.2, 0) is 4.74 Å². The Morgan fingerprint density at radius 3 is 2.67 bits per heavy atom. The van der Waals surface area contributed by atoms with E-state index in [1.54, 1.807) is 7.05 Å². The minimum atomic E-state index is -0.298. The van der Waals surface area contributed by atoms with Crippen molar-refractivity contribution in [2.75, 3.05) is 39.8 Å². The Morgan fingerprint density at radius 2 is 2.00 bits per heavy atom. The molecule has 7 nitrogen and oxygen atoms in total. The molecule has 0 bridgehead atoms. The average Bonchev–Trinajstić information content (AvgIpc) is 3.12. The van der Waals surface area contributed by atoms with Crippen molar-refractivity contribution < 1.29 is 9.53 Å². The Labute approximate surface area is 202 Å². The number of hydrogen-bond acceptors (Lipinski definition) is 6. The van der Waals surface area contributed by atoms with Crippen LogP contribution < -0.4 is 10.6 Å². The fourth-order valence-corrected chi connectivity index (χ4v) is 4.44. The van der Waals surface area contributed by atoms with Crippen LogP contribution in [0.15, 0.2) is 4.99 Å². The molecule has 1 fully saturated rings. The number of nitrogens with one attached hydrogen (secondary N) is 2. The molecule has 0 amide bonds. The van der Waals surface area contributed by atoms with Crippen molar-refractivity contribution in [3.8, 4) is 0 Å². The first kappa shape index (κ1) is 27.1. The molecule has 1 aliphatic rings. The monoisotopic (exact) mass is 551 g/mol. The van der Waals surface area contributed by atoms with Gasteiger partial charge in [-0.05, 0) is 66.1 Å². The molecule has 0 saturated carbocycles. The summed E-state index contributed by atoms with van der Waals surface area (Å²) in [6.45, 7) is 10.7. The zero-order valence-corrected chi connectivity index (χ0v) is 22.0. The summed E-state index contributed by atoms with van der Waals surface area (Å²) in [6.07, 6.45) is 7.75. The number of ether oxygens (including phenoxy) is 1. The van der Waals surface area contributed by atoms with Crippen molar-refractivity contribution in [1.29, 1.82) is 0 Å². The third-order valence-electron chi connectivity index (χ3n) is 5.11. The lowest BCUT2D eigenvalue weighted by atomic mass is 10.1. The van der Waals surface area contributed by atoms with Crippen LogP contribution >= 0.6 is 35.3 Å². The summed E-state index contributed by atoms with van der Waals surface area (Å²) in [5.74, 6) is 0.465. The molecule has 0 radical (unpaired) electrons. The number of aromatic nitrogens is 1. The molecule has 1 aromatic heterocycles. The summed E-state index contributed by atoms with van der Waals surface area (Å²) < 4.78 is 5.10. The second-order valence-electron chi connectivity index (χ2n) is 7.52. The number of unbranched alkanes of at least 4 members (excludes halogenated alkanes) is 2.